The summed E-state index contributed by atoms with van der Waals surface area (Å²) in [5, 5.41) is 14.5. The van der Waals surface area contributed by atoms with Gasteiger partial charge in [0.15, 0.2) is 0 Å². The second-order valence-corrected chi connectivity index (χ2v) is 11.1. The van der Waals surface area contributed by atoms with Crippen molar-refractivity contribution in [2.75, 3.05) is 26.2 Å². The number of rotatable bonds is 2. The molecule has 0 aromatic rings. The third-order valence-corrected chi connectivity index (χ3v) is 9.97. The van der Waals surface area contributed by atoms with Gasteiger partial charge in [0.05, 0.1) is 0 Å². The van der Waals surface area contributed by atoms with Crippen LogP contribution < -0.4 is 0 Å². The summed E-state index contributed by atoms with van der Waals surface area (Å²) in [6.07, 6.45) is 26.1. The fourth-order valence-electron chi connectivity index (χ4n) is 8.42. The maximum Gasteiger partial charge on any atom is 0.0443 e. The Kier molecular flexibility index (Phi) is 3.81. The van der Waals surface area contributed by atoms with Crippen LogP contribution in [0.4, 0.5) is 0 Å². The summed E-state index contributed by atoms with van der Waals surface area (Å²) < 4.78 is 0. The topological polar surface area (TPSA) is 31.2 Å². The van der Waals surface area contributed by atoms with Gasteiger partial charge in [0, 0.05) is 47.8 Å². The zero-order valence-corrected chi connectivity index (χ0v) is 17.4. The van der Waals surface area contributed by atoms with Gasteiger partial charge in [-0.3, -0.25) is 10.0 Å². The van der Waals surface area contributed by atoms with Gasteiger partial charge in [-0.15, -0.1) is 0 Å². The van der Waals surface area contributed by atoms with Crippen LogP contribution >= 0.6 is 0 Å². The predicted molar refractivity (Wildman–Crippen MR) is 111 cm³/mol. The van der Waals surface area contributed by atoms with Crippen LogP contribution in [0.2, 0.25) is 0 Å². The maximum absolute atomic E-state index is 4.89. The molecule has 28 heavy (non-hydrogen) atoms. The van der Waals surface area contributed by atoms with Gasteiger partial charge in [-0.05, 0) is 51.4 Å². The van der Waals surface area contributed by atoms with Crippen molar-refractivity contribution in [3.8, 4) is 0 Å². The van der Waals surface area contributed by atoms with Gasteiger partial charge in [0.1, 0.15) is 0 Å². The van der Waals surface area contributed by atoms with Gasteiger partial charge >= 0.3 is 0 Å². The quantitative estimate of drug-likeness (QED) is 0.455. The van der Waals surface area contributed by atoms with E-state index < -0.39 is 0 Å². The van der Waals surface area contributed by atoms with Gasteiger partial charge in [-0.1, -0.05) is 60.4 Å². The van der Waals surface area contributed by atoms with Gasteiger partial charge in [0.25, 0.3) is 0 Å². The average molecular weight is 381 g/mol. The van der Waals surface area contributed by atoms with E-state index in [0.717, 1.165) is 26.2 Å². The van der Waals surface area contributed by atoms with Crippen molar-refractivity contribution >= 4 is 0 Å². The minimum Gasteiger partial charge on any atom is -0.276 e. The second kappa shape index (κ2) is 6.09. The van der Waals surface area contributed by atoms with Crippen molar-refractivity contribution in [3.05, 3.63) is 24.3 Å². The zero-order valence-electron chi connectivity index (χ0n) is 17.4. The molecule has 0 aromatic carbocycles. The third kappa shape index (κ3) is 2.29. The lowest BCUT2D eigenvalue weighted by Crippen LogP contribution is -2.44. The molecule has 4 heteroatoms. The molecule has 0 amide bonds. The van der Waals surface area contributed by atoms with Crippen LogP contribution in [0.5, 0.6) is 0 Å². The highest BCUT2D eigenvalue weighted by Gasteiger charge is 2.59. The minimum atomic E-state index is 0.479. The van der Waals surface area contributed by atoms with Crippen LogP contribution in [-0.4, -0.2) is 36.2 Å². The van der Waals surface area contributed by atoms with Crippen LogP contribution in [-0.2, 0) is 0 Å². The number of hydrogen-bond acceptors (Lipinski definition) is 2. The fraction of sp³-hybridized carbons (Fsp3) is 0.833. The first-order valence-corrected chi connectivity index (χ1v) is 11.9. The Morgan fingerprint density at radius 2 is 0.750 bits per heavy atom. The van der Waals surface area contributed by atoms with Crippen LogP contribution in [0.25, 0.3) is 0 Å². The Morgan fingerprint density at radius 3 is 1.04 bits per heavy atom. The smallest absolute Gasteiger partial charge is 0.0443 e. The summed E-state index contributed by atoms with van der Waals surface area (Å²) in [6, 6.07) is 0. The Labute approximate surface area is 170 Å². The first-order chi connectivity index (χ1) is 13.7. The van der Waals surface area contributed by atoms with Crippen molar-refractivity contribution in [1.82, 2.24) is 10.0 Å². The molecule has 0 radical (unpaired) electrons. The summed E-state index contributed by atoms with van der Waals surface area (Å²) >= 11 is 0. The number of hydrogen-bond donors (Lipinski definition) is 0. The Morgan fingerprint density at radius 1 is 0.464 bits per heavy atom. The highest BCUT2D eigenvalue weighted by Crippen LogP contribution is 2.63. The van der Waals surface area contributed by atoms with E-state index in [1.165, 1.54) is 77.0 Å². The normalized spacial score (nSPS) is 47.1. The lowest BCUT2D eigenvalue weighted by molar-refractivity contribution is 0.0342. The molecule has 152 valence electrons. The predicted octanol–water partition coefficient (Wildman–Crippen LogP) is 5.69. The van der Waals surface area contributed by atoms with Crippen LogP contribution in [0.1, 0.15) is 77.0 Å². The first kappa shape index (κ1) is 17.5. The van der Waals surface area contributed by atoms with Gasteiger partial charge in [-0.2, -0.15) is 0 Å². The van der Waals surface area contributed by atoms with E-state index in [9.17, 15) is 0 Å². The van der Waals surface area contributed by atoms with Crippen LogP contribution in [0, 0.1) is 21.7 Å². The largest absolute Gasteiger partial charge is 0.276 e. The molecular formula is C24H36N4. The lowest BCUT2D eigenvalue weighted by atomic mass is 9.53. The highest BCUT2D eigenvalue weighted by molar-refractivity contribution is 5.17. The maximum atomic E-state index is 4.89. The standard InChI is InChI=1S/C24H36N4/c1-2-10-22-12-4-3-11-21(22,9-1)17-27(18-22)25-26-28-19-23-13-5-6-14-24(23,20-28)16-8-7-15-23/h1-2,5-6H,3-4,7-20H2/t21-,22-,23-,24+/m1/s1. The number of allylic oxidation sites excluding steroid dienone is 4. The molecular weight excluding hydrogens is 344 g/mol. The van der Waals surface area contributed by atoms with Crippen LogP contribution in [0.3, 0.4) is 0 Å². The molecule has 2 heterocycles. The van der Waals surface area contributed by atoms with Gasteiger partial charge < -0.3 is 0 Å². The molecule has 0 spiro atoms. The van der Waals surface area contributed by atoms with Gasteiger partial charge in [-0.25, -0.2) is 0 Å². The lowest BCUT2D eigenvalue weighted by Gasteiger charge is -2.49. The van der Waals surface area contributed by atoms with Crippen molar-refractivity contribution < 1.29 is 0 Å². The monoisotopic (exact) mass is 380 g/mol. The van der Waals surface area contributed by atoms with Crippen molar-refractivity contribution in [2.45, 2.75) is 77.0 Å². The minimum absolute atomic E-state index is 0.479. The Balaban J connectivity index is 1.20. The second-order valence-electron chi connectivity index (χ2n) is 11.1. The summed E-state index contributed by atoms with van der Waals surface area (Å²) in [4.78, 5) is 0. The third-order valence-electron chi connectivity index (χ3n) is 9.97. The molecule has 2 aliphatic heterocycles. The molecule has 0 unspecified atom stereocenters. The van der Waals surface area contributed by atoms with Crippen molar-refractivity contribution in [3.63, 3.8) is 0 Å². The molecule has 0 N–H and O–H groups in total. The summed E-state index contributed by atoms with van der Waals surface area (Å²) in [5.74, 6) is 0. The molecule has 4 fully saturated rings. The summed E-state index contributed by atoms with van der Waals surface area (Å²) in [7, 11) is 0. The van der Waals surface area contributed by atoms with Crippen molar-refractivity contribution in [1.29, 1.82) is 0 Å². The first-order valence-electron chi connectivity index (χ1n) is 11.9. The average Bonchev–Trinajstić information content (AvgIpc) is 3.25. The highest BCUT2D eigenvalue weighted by atomic mass is 15.7. The zero-order chi connectivity index (χ0) is 18.7. The van der Waals surface area contributed by atoms with Crippen molar-refractivity contribution in [2.24, 2.45) is 32.1 Å². The Hall–Kier alpha value is -1.32. The van der Waals surface area contributed by atoms with Crippen LogP contribution in [0.15, 0.2) is 34.8 Å². The molecule has 4 nitrogen and oxygen atoms in total. The van der Waals surface area contributed by atoms with E-state index in [0.29, 0.717) is 21.7 Å². The van der Waals surface area contributed by atoms with E-state index in [4.69, 9.17) is 10.4 Å². The van der Waals surface area contributed by atoms with Gasteiger partial charge in [0.2, 0.25) is 0 Å². The Bertz CT molecular complexity index is 616. The molecule has 2 saturated carbocycles. The molecule has 6 aliphatic rings. The summed E-state index contributed by atoms with van der Waals surface area (Å²) in [6.45, 7) is 4.53. The van der Waals surface area contributed by atoms with E-state index in [2.05, 4.69) is 34.3 Å². The van der Waals surface area contributed by atoms with E-state index in [1.54, 1.807) is 0 Å². The summed E-state index contributed by atoms with van der Waals surface area (Å²) in [5.41, 5.74) is 1.92. The molecule has 4 atom stereocenters. The number of nitrogens with zero attached hydrogens (tertiary/aromatic N) is 4. The SMILES string of the molecule is C1=CC[C@]23CCCC[C@@]2(C1)CN(N=NN1C[C@]24CC=CC[C@@]2(CCCC4)C1)C3. The van der Waals surface area contributed by atoms with E-state index in [-0.39, 0.29) is 0 Å². The molecule has 2 saturated heterocycles. The fourth-order valence-corrected chi connectivity index (χ4v) is 8.42. The van der Waals surface area contributed by atoms with E-state index in [1.807, 2.05) is 0 Å². The molecule has 0 aromatic heterocycles. The van der Waals surface area contributed by atoms with E-state index >= 15 is 0 Å². The molecule has 4 aliphatic carbocycles. The molecule has 0 bridgehead atoms. The molecule has 6 rings (SSSR count).